The van der Waals surface area contributed by atoms with Crippen molar-refractivity contribution in [3.63, 3.8) is 0 Å². The van der Waals surface area contributed by atoms with Crippen molar-refractivity contribution in [3.8, 4) is 10.4 Å². The van der Waals surface area contributed by atoms with Gasteiger partial charge in [0.15, 0.2) is 11.6 Å². The van der Waals surface area contributed by atoms with Crippen LogP contribution >= 0.6 is 11.3 Å². The summed E-state index contributed by atoms with van der Waals surface area (Å²) in [5.41, 5.74) is 6.16. The molecule has 8 heteroatoms. The Kier molecular flexibility index (Phi) is 4.46. The fourth-order valence-corrected chi connectivity index (χ4v) is 5.33. The van der Waals surface area contributed by atoms with Gasteiger partial charge < -0.3 is 10.6 Å². The first-order chi connectivity index (χ1) is 12.9. The summed E-state index contributed by atoms with van der Waals surface area (Å²) in [4.78, 5) is 31.6. The third kappa shape index (κ3) is 3.01. The van der Waals surface area contributed by atoms with Gasteiger partial charge in [0.1, 0.15) is 11.7 Å². The number of primary amides is 1. The van der Waals surface area contributed by atoms with Gasteiger partial charge in [0.2, 0.25) is 5.91 Å². The molecule has 1 aliphatic heterocycles. The standard InChI is InChI=1S/C19H19F2N3O2S/c1-9-23-15(17(27-9)10-5-6-13(20)14(21)7-10)19(26)24-8-11-3-2-4-12(11)16(24)18(22)25/h5-7,11-12,16H,2-4,8H2,1H3,(H2,22,25). The zero-order valence-corrected chi connectivity index (χ0v) is 15.6. The van der Waals surface area contributed by atoms with Crippen molar-refractivity contribution in [2.45, 2.75) is 32.2 Å². The lowest BCUT2D eigenvalue weighted by molar-refractivity contribution is -0.122. The first kappa shape index (κ1) is 18.0. The van der Waals surface area contributed by atoms with Crippen molar-refractivity contribution >= 4 is 23.2 Å². The number of benzene rings is 1. The minimum Gasteiger partial charge on any atom is -0.368 e. The molecule has 0 spiro atoms. The molecule has 1 saturated carbocycles. The van der Waals surface area contributed by atoms with Crippen LogP contribution in [-0.4, -0.2) is 34.3 Å². The monoisotopic (exact) mass is 391 g/mol. The molecular formula is C19H19F2N3O2S. The number of carbonyl (C=O) groups excluding carboxylic acids is 2. The van der Waals surface area contributed by atoms with Crippen LogP contribution in [-0.2, 0) is 4.79 Å². The van der Waals surface area contributed by atoms with Gasteiger partial charge in [-0.3, -0.25) is 9.59 Å². The zero-order chi connectivity index (χ0) is 19.3. The Morgan fingerprint density at radius 2 is 2.04 bits per heavy atom. The van der Waals surface area contributed by atoms with E-state index < -0.39 is 23.6 Å². The predicted molar refractivity (Wildman–Crippen MR) is 97.1 cm³/mol. The van der Waals surface area contributed by atoms with Crippen LogP contribution in [0.5, 0.6) is 0 Å². The van der Waals surface area contributed by atoms with Gasteiger partial charge in [0, 0.05) is 6.54 Å². The van der Waals surface area contributed by atoms with Crippen LogP contribution in [0, 0.1) is 30.4 Å². The second-order valence-corrected chi connectivity index (χ2v) is 8.40. The molecule has 1 aromatic carbocycles. The SMILES string of the molecule is Cc1nc(C(=O)N2CC3CCCC3C2C(N)=O)c(-c2ccc(F)c(F)c2)s1. The number of rotatable bonds is 3. The molecule has 1 aliphatic carbocycles. The largest absolute Gasteiger partial charge is 0.368 e. The first-order valence-electron chi connectivity index (χ1n) is 8.90. The quantitative estimate of drug-likeness (QED) is 0.873. The fourth-order valence-electron chi connectivity index (χ4n) is 4.42. The summed E-state index contributed by atoms with van der Waals surface area (Å²) in [5.74, 6) is -2.44. The lowest BCUT2D eigenvalue weighted by atomic mass is 9.93. The first-order valence-corrected chi connectivity index (χ1v) is 9.71. The molecule has 2 fully saturated rings. The number of aromatic nitrogens is 1. The van der Waals surface area contributed by atoms with E-state index in [2.05, 4.69) is 4.98 Å². The lowest BCUT2D eigenvalue weighted by Crippen LogP contribution is -2.46. The molecule has 5 nitrogen and oxygen atoms in total. The molecule has 142 valence electrons. The summed E-state index contributed by atoms with van der Waals surface area (Å²) < 4.78 is 27.0. The van der Waals surface area contributed by atoms with Crippen molar-refractivity contribution in [2.75, 3.05) is 6.54 Å². The Hall–Kier alpha value is -2.35. The second-order valence-electron chi connectivity index (χ2n) is 7.20. The van der Waals surface area contributed by atoms with E-state index in [-0.39, 0.29) is 23.4 Å². The van der Waals surface area contributed by atoms with E-state index >= 15 is 0 Å². The van der Waals surface area contributed by atoms with Crippen molar-refractivity contribution in [3.05, 3.63) is 40.5 Å². The third-order valence-corrected chi connectivity index (χ3v) is 6.58. The van der Waals surface area contributed by atoms with Crippen LogP contribution in [0.1, 0.15) is 34.8 Å². The van der Waals surface area contributed by atoms with Crippen LogP contribution in [0.15, 0.2) is 18.2 Å². The average molecular weight is 391 g/mol. The number of likely N-dealkylation sites (tertiary alicyclic amines) is 1. The molecular weight excluding hydrogens is 372 g/mol. The van der Waals surface area contributed by atoms with E-state index in [4.69, 9.17) is 5.73 Å². The van der Waals surface area contributed by atoms with Crippen molar-refractivity contribution in [2.24, 2.45) is 17.6 Å². The number of hydrogen-bond acceptors (Lipinski definition) is 4. The Balaban J connectivity index is 1.72. The highest BCUT2D eigenvalue weighted by Crippen LogP contribution is 2.43. The zero-order valence-electron chi connectivity index (χ0n) is 14.7. The van der Waals surface area contributed by atoms with E-state index in [0.29, 0.717) is 22.0 Å². The van der Waals surface area contributed by atoms with E-state index in [1.165, 1.54) is 22.3 Å². The maximum Gasteiger partial charge on any atom is 0.274 e. The number of amides is 2. The number of aryl methyl sites for hydroxylation is 1. The number of nitrogens with zero attached hydrogens (tertiary/aromatic N) is 2. The highest BCUT2D eigenvalue weighted by Gasteiger charge is 2.49. The highest BCUT2D eigenvalue weighted by molar-refractivity contribution is 7.15. The van der Waals surface area contributed by atoms with Crippen LogP contribution in [0.4, 0.5) is 8.78 Å². The maximum atomic E-state index is 13.7. The third-order valence-electron chi connectivity index (χ3n) is 5.56. The number of halogens is 2. The lowest BCUT2D eigenvalue weighted by Gasteiger charge is -2.25. The van der Waals surface area contributed by atoms with Crippen molar-refractivity contribution < 1.29 is 18.4 Å². The number of thiazole rings is 1. The molecule has 2 N–H and O–H groups in total. The summed E-state index contributed by atoms with van der Waals surface area (Å²) in [5, 5.41) is 0.632. The van der Waals surface area contributed by atoms with E-state index in [1.807, 2.05) is 0 Å². The Bertz CT molecular complexity index is 930. The molecule has 2 aliphatic rings. The number of carbonyl (C=O) groups is 2. The van der Waals surface area contributed by atoms with Crippen LogP contribution < -0.4 is 5.73 Å². The van der Waals surface area contributed by atoms with E-state index in [9.17, 15) is 18.4 Å². The van der Waals surface area contributed by atoms with Gasteiger partial charge in [-0.2, -0.15) is 0 Å². The maximum absolute atomic E-state index is 13.7. The van der Waals surface area contributed by atoms with E-state index in [0.717, 1.165) is 31.4 Å². The predicted octanol–water partition coefficient (Wildman–Crippen LogP) is 3.12. The summed E-state index contributed by atoms with van der Waals surface area (Å²) in [6, 6.07) is 2.88. The van der Waals surface area contributed by atoms with Gasteiger partial charge in [0.05, 0.1) is 9.88 Å². The number of hydrogen-bond donors (Lipinski definition) is 1. The van der Waals surface area contributed by atoms with E-state index in [1.54, 1.807) is 6.92 Å². The highest BCUT2D eigenvalue weighted by atomic mass is 32.1. The molecule has 2 aromatic rings. The minimum absolute atomic E-state index is 0.0953. The Labute approximate surface area is 159 Å². The molecule has 27 heavy (non-hydrogen) atoms. The average Bonchev–Trinajstić information content (AvgIpc) is 3.29. The smallest absolute Gasteiger partial charge is 0.274 e. The van der Waals surface area contributed by atoms with Crippen LogP contribution in [0.2, 0.25) is 0 Å². The Morgan fingerprint density at radius 3 is 2.74 bits per heavy atom. The molecule has 0 bridgehead atoms. The molecule has 2 heterocycles. The molecule has 3 atom stereocenters. The van der Waals surface area contributed by atoms with Crippen molar-refractivity contribution in [1.29, 1.82) is 0 Å². The summed E-state index contributed by atoms with van der Waals surface area (Å²) in [6.45, 7) is 2.22. The van der Waals surface area contributed by atoms with Crippen molar-refractivity contribution in [1.82, 2.24) is 9.88 Å². The van der Waals surface area contributed by atoms with Gasteiger partial charge in [-0.15, -0.1) is 11.3 Å². The summed E-state index contributed by atoms with van der Waals surface area (Å²) in [7, 11) is 0. The normalized spacial score (nSPS) is 24.3. The topological polar surface area (TPSA) is 76.3 Å². The Morgan fingerprint density at radius 1 is 1.26 bits per heavy atom. The number of nitrogens with two attached hydrogens (primary N) is 1. The van der Waals surface area contributed by atoms with Crippen LogP contribution in [0.25, 0.3) is 10.4 Å². The summed E-state index contributed by atoms with van der Waals surface area (Å²) in [6.07, 6.45) is 2.90. The fraction of sp³-hybridized carbons (Fsp3) is 0.421. The molecule has 1 aromatic heterocycles. The second kappa shape index (κ2) is 6.67. The van der Waals surface area contributed by atoms with Gasteiger partial charge >= 0.3 is 0 Å². The molecule has 0 radical (unpaired) electrons. The summed E-state index contributed by atoms with van der Waals surface area (Å²) >= 11 is 1.24. The molecule has 4 rings (SSSR count). The number of fused-ring (bicyclic) bond motifs is 1. The molecule has 2 amide bonds. The molecule has 3 unspecified atom stereocenters. The molecule has 1 saturated heterocycles. The van der Waals surface area contributed by atoms with Gasteiger partial charge in [-0.25, -0.2) is 13.8 Å². The van der Waals surface area contributed by atoms with Crippen LogP contribution in [0.3, 0.4) is 0 Å². The van der Waals surface area contributed by atoms with Gasteiger partial charge in [-0.05, 0) is 49.3 Å². The minimum atomic E-state index is -0.984. The van der Waals surface area contributed by atoms with Gasteiger partial charge in [-0.1, -0.05) is 12.5 Å². The van der Waals surface area contributed by atoms with Gasteiger partial charge in [0.25, 0.3) is 5.91 Å².